The standard InChI is InChI=1S/C37H39N7O4S4/c1-3-47-34(45)30-28(40-36(43-15-19-49-20-16-43)38-24-11-7-5-8-12-24)26-23-27-29(31(35(46)48-4-2)52-33(27)42-32(26)51-30)41-37(44-17-21-50-22-18-44)39-25-13-9-6-10-14-25/h5-14,23H,3-4,15-22H2,1-2H3,(H,38,40)(H,39,41). The average Bonchev–Trinajstić information content (AvgIpc) is 3.72. The van der Waals surface area contributed by atoms with Crippen molar-refractivity contribution in [3.05, 3.63) is 76.5 Å². The number of thiophene rings is 2. The number of anilines is 2. The largest absolute Gasteiger partial charge is 0.462 e. The van der Waals surface area contributed by atoms with Gasteiger partial charge in [0.05, 0.1) is 13.2 Å². The number of pyridine rings is 1. The Labute approximate surface area is 318 Å². The van der Waals surface area contributed by atoms with Crippen molar-refractivity contribution in [2.75, 3.05) is 73.0 Å². The lowest BCUT2D eigenvalue weighted by Gasteiger charge is -2.30. The van der Waals surface area contributed by atoms with E-state index in [1.165, 1.54) is 22.7 Å². The number of guanidine groups is 2. The molecule has 0 atom stereocenters. The summed E-state index contributed by atoms with van der Waals surface area (Å²) in [7, 11) is 0. The third kappa shape index (κ3) is 8.17. The lowest BCUT2D eigenvalue weighted by molar-refractivity contribution is 0.0523. The van der Waals surface area contributed by atoms with Gasteiger partial charge in [0.2, 0.25) is 11.9 Å². The van der Waals surface area contributed by atoms with E-state index in [0.717, 1.165) is 60.6 Å². The van der Waals surface area contributed by atoms with Crippen molar-refractivity contribution >= 4 is 113 Å². The molecule has 2 N–H and O–H groups in total. The van der Waals surface area contributed by atoms with Crippen molar-refractivity contribution < 1.29 is 19.1 Å². The van der Waals surface area contributed by atoms with Crippen LogP contribution in [0.3, 0.4) is 0 Å². The molecular weight excluding hydrogens is 735 g/mol. The Morgan fingerprint density at radius 3 is 1.46 bits per heavy atom. The zero-order valence-electron chi connectivity index (χ0n) is 28.9. The molecule has 0 amide bonds. The summed E-state index contributed by atoms with van der Waals surface area (Å²) in [5.74, 6) is 4.25. The third-order valence-electron chi connectivity index (χ3n) is 8.33. The number of nitrogens with one attached hydrogen (secondary N) is 2. The van der Waals surface area contributed by atoms with E-state index >= 15 is 0 Å². The number of ether oxygens (including phenoxy) is 2. The molecule has 11 nitrogen and oxygen atoms in total. The first kappa shape index (κ1) is 36.1. The Kier molecular flexibility index (Phi) is 11.8. The van der Waals surface area contributed by atoms with Gasteiger partial charge in [0, 0.05) is 71.3 Å². The molecule has 0 radical (unpaired) electrons. The van der Waals surface area contributed by atoms with Gasteiger partial charge in [0.25, 0.3) is 0 Å². The van der Waals surface area contributed by atoms with Gasteiger partial charge >= 0.3 is 11.9 Å². The summed E-state index contributed by atoms with van der Waals surface area (Å²) in [6, 6.07) is 21.8. The van der Waals surface area contributed by atoms with Crippen LogP contribution in [-0.2, 0) is 9.47 Å². The van der Waals surface area contributed by atoms with E-state index in [4.69, 9.17) is 24.4 Å². The second-order valence-corrected chi connectivity index (χ2v) is 16.2. The van der Waals surface area contributed by atoms with E-state index in [1.54, 1.807) is 13.8 Å². The molecule has 0 aliphatic carbocycles. The molecule has 0 saturated carbocycles. The highest BCUT2D eigenvalue weighted by atomic mass is 32.2. The van der Waals surface area contributed by atoms with Crippen molar-refractivity contribution in [1.29, 1.82) is 0 Å². The van der Waals surface area contributed by atoms with Gasteiger partial charge in [0.15, 0.2) is 0 Å². The molecule has 5 heterocycles. The highest BCUT2D eigenvalue weighted by Gasteiger charge is 2.28. The van der Waals surface area contributed by atoms with Gasteiger partial charge < -0.3 is 29.9 Å². The maximum absolute atomic E-state index is 13.5. The van der Waals surface area contributed by atoms with Crippen LogP contribution >= 0.6 is 46.2 Å². The minimum absolute atomic E-state index is 0.227. The minimum Gasteiger partial charge on any atom is -0.462 e. The number of carbonyl (C=O) groups excluding carboxylic acids is 2. The first-order valence-corrected chi connectivity index (χ1v) is 21.2. The summed E-state index contributed by atoms with van der Waals surface area (Å²) in [5.41, 5.74) is 2.72. The lowest BCUT2D eigenvalue weighted by atomic mass is 10.2. The first-order valence-electron chi connectivity index (χ1n) is 17.2. The number of carbonyl (C=O) groups is 2. The monoisotopic (exact) mass is 773 g/mol. The Morgan fingerprint density at radius 1 is 0.673 bits per heavy atom. The van der Waals surface area contributed by atoms with E-state index in [1.807, 2.05) is 90.3 Å². The predicted octanol–water partition coefficient (Wildman–Crippen LogP) is 8.16. The number of para-hydroxylation sites is 2. The molecule has 5 aromatic rings. The molecule has 2 saturated heterocycles. The number of fused-ring (bicyclic) bond motifs is 2. The summed E-state index contributed by atoms with van der Waals surface area (Å²) in [5, 5.41) is 8.39. The minimum atomic E-state index is -0.455. The molecule has 0 unspecified atom stereocenters. The molecule has 3 aromatic heterocycles. The average molecular weight is 774 g/mol. The van der Waals surface area contributed by atoms with Crippen LogP contribution in [0.25, 0.3) is 20.4 Å². The van der Waals surface area contributed by atoms with Gasteiger partial charge in [-0.15, -0.1) is 22.7 Å². The molecule has 0 bridgehead atoms. The number of hydrogen-bond acceptors (Lipinski definition) is 11. The van der Waals surface area contributed by atoms with E-state index in [9.17, 15) is 9.59 Å². The fourth-order valence-electron chi connectivity index (χ4n) is 5.82. The zero-order chi connectivity index (χ0) is 35.9. The molecule has 0 spiro atoms. The van der Waals surface area contributed by atoms with E-state index in [-0.39, 0.29) is 13.2 Å². The number of benzene rings is 2. The molecule has 2 aliphatic heterocycles. The Hall–Kier alpha value is -4.31. The summed E-state index contributed by atoms with van der Waals surface area (Å²) in [6.45, 7) is 7.26. The molecule has 270 valence electrons. The highest BCUT2D eigenvalue weighted by Crippen LogP contribution is 2.45. The van der Waals surface area contributed by atoms with Crippen molar-refractivity contribution in [2.24, 2.45) is 9.98 Å². The normalized spacial score (nSPS) is 15.6. The number of aromatic nitrogens is 1. The van der Waals surface area contributed by atoms with Gasteiger partial charge in [-0.05, 0) is 44.2 Å². The number of rotatable bonds is 8. The van der Waals surface area contributed by atoms with E-state index in [0.29, 0.717) is 53.5 Å². The van der Waals surface area contributed by atoms with Crippen LogP contribution in [0.15, 0.2) is 76.7 Å². The predicted molar refractivity (Wildman–Crippen MR) is 219 cm³/mol. The van der Waals surface area contributed by atoms with Crippen molar-refractivity contribution in [3.8, 4) is 0 Å². The maximum Gasteiger partial charge on any atom is 0.350 e. The topological polar surface area (TPSA) is 121 Å². The molecule has 7 rings (SSSR count). The van der Waals surface area contributed by atoms with Crippen molar-refractivity contribution in [1.82, 2.24) is 14.8 Å². The molecule has 2 aromatic carbocycles. The van der Waals surface area contributed by atoms with Gasteiger partial charge in [-0.2, -0.15) is 23.5 Å². The maximum atomic E-state index is 13.5. The quantitative estimate of drug-likeness (QED) is 0.0903. The molecule has 15 heteroatoms. The molecular formula is C37H39N7O4S4. The second-order valence-electron chi connectivity index (χ2n) is 11.7. The molecule has 2 fully saturated rings. The smallest absolute Gasteiger partial charge is 0.350 e. The van der Waals surface area contributed by atoms with Gasteiger partial charge in [-0.25, -0.2) is 24.6 Å². The fraction of sp³-hybridized carbons (Fsp3) is 0.324. The zero-order valence-corrected chi connectivity index (χ0v) is 32.2. The van der Waals surface area contributed by atoms with Crippen molar-refractivity contribution in [2.45, 2.75) is 13.8 Å². The van der Waals surface area contributed by atoms with Crippen molar-refractivity contribution in [3.63, 3.8) is 0 Å². The number of hydrogen-bond donors (Lipinski definition) is 2. The lowest BCUT2D eigenvalue weighted by Crippen LogP contribution is -2.41. The fourth-order valence-corrected chi connectivity index (χ4v) is 9.67. The van der Waals surface area contributed by atoms with Crippen LogP contribution in [0.5, 0.6) is 0 Å². The Balaban J connectivity index is 1.44. The number of nitrogens with zero attached hydrogens (tertiary/aromatic N) is 5. The Morgan fingerprint density at radius 2 is 1.08 bits per heavy atom. The second kappa shape index (κ2) is 17.0. The van der Waals surface area contributed by atoms with E-state index < -0.39 is 11.9 Å². The summed E-state index contributed by atoms with van der Waals surface area (Å²) in [6.07, 6.45) is 0. The number of aliphatic imine (C=N–C) groups is 2. The van der Waals surface area contributed by atoms with Crippen LogP contribution in [0.4, 0.5) is 22.7 Å². The highest BCUT2D eigenvalue weighted by molar-refractivity contribution is 7.99. The SMILES string of the molecule is CCOC(=O)c1sc2nc3sc(C(=O)OCC)c(N=C(Nc4ccccc4)N4CCSCC4)c3cc2c1N=C(Nc1ccccc1)N1CCSCC1. The van der Waals surface area contributed by atoms with Crippen LogP contribution in [0, 0.1) is 0 Å². The molecule has 52 heavy (non-hydrogen) atoms. The van der Waals surface area contributed by atoms with Gasteiger partial charge in [-0.1, -0.05) is 36.4 Å². The van der Waals surface area contributed by atoms with Crippen LogP contribution in [-0.4, -0.2) is 101 Å². The molecule has 2 aliphatic rings. The van der Waals surface area contributed by atoms with Gasteiger partial charge in [0.1, 0.15) is 30.8 Å². The number of esters is 2. The Bertz CT molecular complexity index is 1950. The van der Waals surface area contributed by atoms with Gasteiger partial charge in [-0.3, -0.25) is 0 Å². The van der Waals surface area contributed by atoms with E-state index in [2.05, 4.69) is 20.4 Å². The number of thioether (sulfide) groups is 2. The van der Waals surface area contributed by atoms with Crippen LogP contribution in [0.1, 0.15) is 33.2 Å². The summed E-state index contributed by atoms with van der Waals surface area (Å²) >= 11 is 6.30. The third-order valence-corrected chi connectivity index (χ3v) is 12.4. The summed E-state index contributed by atoms with van der Waals surface area (Å²) < 4.78 is 11.1. The first-order chi connectivity index (χ1) is 25.5. The summed E-state index contributed by atoms with van der Waals surface area (Å²) in [4.78, 5) is 48.9. The van der Waals surface area contributed by atoms with Crippen LogP contribution < -0.4 is 10.6 Å². The van der Waals surface area contributed by atoms with Crippen LogP contribution in [0.2, 0.25) is 0 Å².